The summed E-state index contributed by atoms with van der Waals surface area (Å²) in [5.74, 6) is -0.525. The first-order valence-electron chi connectivity index (χ1n) is 5.94. The van der Waals surface area contributed by atoms with Crippen molar-refractivity contribution in [2.24, 2.45) is 10.9 Å². The van der Waals surface area contributed by atoms with E-state index in [4.69, 9.17) is 10.9 Å². The molecule has 0 heterocycles. The molecule has 0 atom stereocenters. The topological polar surface area (TPSA) is 78.9 Å². The van der Waals surface area contributed by atoms with Crippen molar-refractivity contribution in [3.63, 3.8) is 0 Å². The lowest BCUT2D eigenvalue weighted by atomic mass is 10.1. The number of nitrogens with two attached hydrogens (primary N) is 1. The highest BCUT2D eigenvalue weighted by molar-refractivity contribution is 5.87. The van der Waals surface area contributed by atoms with Crippen molar-refractivity contribution in [3.8, 4) is 0 Å². The van der Waals surface area contributed by atoms with Crippen molar-refractivity contribution in [3.05, 3.63) is 35.6 Å². The number of carbonyl (C=O) groups is 1. The fourth-order valence-corrected chi connectivity index (χ4v) is 1.64. The van der Waals surface area contributed by atoms with Gasteiger partial charge < -0.3 is 15.8 Å². The normalized spacial score (nSPS) is 11.7. The molecule has 3 N–H and O–H groups in total. The average molecular weight is 267 g/mol. The molecule has 19 heavy (non-hydrogen) atoms. The van der Waals surface area contributed by atoms with Crippen LogP contribution in [0.2, 0.25) is 0 Å². The van der Waals surface area contributed by atoms with Crippen molar-refractivity contribution < 1.29 is 14.4 Å². The molecule has 0 fully saturated rings. The zero-order chi connectivity index (χ0) is 14.4. The lowest BCUT2D eigenvalue weighted by molar-refractivity contribution is -0.131. The highest BCUT2D eigenvalue weighted by Crippen LogP contribution is 2.07. The van der Waals surface area contributed by atoms with Crippen LogP contribution in [-0.2, 0) is 11.2 Å². The largest absolute Gasteiger partial charge is 0.409 e. The smallest absolute Gasteiger partial charge is 0.227 e. The van der Waals surface area contributed by atoms with Crippen LogP contribution in [0.15, 0.2) is 29.4 Å². The molecule has 104 valence electrons. The van der Waals surface area contributed by atoms with Gasteiger partial charge >= 0.3 is 0 Å². The summed E-state index contributed by atoms with van der Waals surface area (Å²) in [5.41, 5.74) is 6.14. The standard InChI is InChI=1S/C13H18FN3O2/c1-9(2)17(8-12(15)16-19)13(18)7-10-3-5-11(14)6-4-10/h3-6,9,19H,7-8H2,1-2H3,(H2,15,16). The molecular formula is C13H18FN3O2. The van der Waals surface area contributed by atoms with Crippen LogP contribution in [0, 0.1) is 5.82 Å². The summed E-state index contributed by atoms with van der Waals surface area (Å²) in [7, 11) is 0. The van der Waals surface area contributed by atoms with Gasteiger partial charge in [-0.2, -0.15) is 0 Å². The third-order valence-corrected chi connectivity index (χ3v) is 2.67. The van der Waals surface area contributed by atoms with E-state index in [0.29, 0.717) is 0 Å². The van der Waals surface area contributed by atoms with Crippen molar-refractivity contribution >= 4 is 11.7 Å². The molecule has 0 aromatic heterocycles. The Hall–Kier alpha value is -2.11. The maximum absolute atomic E-state index is 12.8. The molecule has 0 aliphatic carbocycles. The van der Waals surface area contributed by atoms with Gasteiger partial charge in [-0.25, -0.2) is 4.39 Å². The fourth-order valence-electron chi connectivity index (χ4n) is 1.64. The van der Waals surface area contributed by atoms with Crippen molar-refractivity contribution in [1.82, 2.24) is 4.90 Å². The Morgan fingerprint density at radius 1 is 1.42 bits per heavy atom. The molecule has 1 aromatic rings. The second-order valence-corrected chi connectivity index (χ2v) is 4.51. The van der Waals surface area contributed by atoms with Crippen LogP contribution in [0.25, 0.3) is 0 Å². The van der Waals surface area contributed by atoms with Gasteiger partial charge in [-0.15, -0.1) is 0 Å². The Morgan fingerprint density at radius 3 is 2.47 bits per heavy atom. The molecule has 0 aliphatic rings. The van der Waals surface area contributed by atoms with Gasteiger partial charge in [0.15, 0.2) is 5.84 Å². The lowest BCUT2D eigenvalue weighted by Crippen LogP contribution is -2.43. The third-order valence-electron chi connectivity index (χ3n) is 2.67. The second kappa shape index (κ2) is 6.72. The molecule has 5 nitrogen and oxygen atoms in total. The first-order chi connectivity index (χ1) is 8.93. The Labute approximate surface area is 111 Å². The number of nitrogens with zero attached hydrogens (tertiary/aromatic N) is 2. The number of oxime groups is 1. The van der Waals surface area contributed by atoms with E-state index in [9.17, 15) is 9.18 Å². The van der Waals surface area contributed by atoms with E-state index in [-0.39, 0.29) is 36.6 Å². The van der Waals surface area contributed by atoms with Crippen LogP contribution < -0.4 is 5.73 Å². The predicted octanol–water partition coefficient (Wildman–Crippen LogP) is 1.35. The lowest BCUT2D eigenvalue weighted by Gasteiger charge is -2.26. The molecular weight excluding hydrogens is 249 g/mol. The number of hydrogen-bond acceptors (Lipinski definition) is 3. The Morgan fingerprint density at radius 2 is 2.00 bits per heavy atom. The van der Waals surface area contributed by atoms with Crippen molar-refractivity contribution in [1.29, 1.82) is 0 Å². The van der Waals surface area contributed by atoms with E-state index in [1.807, 2.05) is 13.8 Å². The van der Waals surface area contributed by atoms with Crippen LogP contribution in [0.4, 0.5) is 4.39 Å². The van der Waals surface area contributed by atoms with Crippen LogP contribution in [0.1, 0.15) is 19.4 Å². The van der Waals surface area contributed by atoms with Gasteiger partial charge in [0.25, 0.3) is 0 Å². The maximum atomic E-state index is 12.8. The van der Waals surface area contributed by atoms with Gasteiger partial charge in [-0.05, 0) is 31.5 Å². The first kappa shape index (κ1) is 14.9. The average Bonchev–Trinajstić information content (AvgIpc) is 2.37. The van der Waals surface area contributed by atoms with E-state index in [1.54, 1.807) is 12.1 Å². The number of carbonyl (C=O) groups excluding carboxylic acids is 1. The number of halogens is 1. The SMILES string of the molecule is CC(C)N(CC(N)=NO)C(=O)Cc1ccc(F)cc1. The van der Waals surface area contributed by atoms with Crippen LogP contribution in [0.5, 0.6) is 0 Å². The van der Waals surface area contributed by atoms with Crippen LogP contribution in [-0.4, -0.2) is 34.4 Å². The second-order valence-electron chi connectivity index (χ2n) is 4.51. The summed E-state index contributed by atoms with van der Waals surface area (Å²) in [6.07, 6.45) is 0.150. The zero-order valence-corrected chi connectivity index (χ0v) is 11.0. The highest BCUT2D eigenvalue weighted by atomic mass is 19.1. The van der Waals surface area contributed by atoms with E-state index in [2.05, 4.69) is 5.16 Å². The van der Waals surface area contributed by atoms with E-state index >= 15 is 0 Å². The first-order valence-corrected chi connectivity index (χ1v) is 5.94. The number of amides is 1. The molecule has 0 saturated heterocycles. The summed E-state index contributed by atoms with van der Waals surface area (Å²) in [6.45, 7) is 3.74. The summed E-state index contributed by atoms with van der Waals surface area (Å²) in [4.78, 5) is 13.6. The summed E-state index contributed by atoms with van der Waals surface area (Å²) >= 11 is 0. The number of benzene rings is 1. The Balaban J connectivity index is 2.74. The van der Waals surface area contributed by atoms with Gasteiger partial charge in [0.2, 0.25) is 5.91 Å². The van der Waals surface area contributed by atoms with Crippen molar-refractivity contribution in [2.45, 2.75) is 26.3 Å². The summed E-state index contributed by atoms with van der Waals surface area (Å²) < 4.78 is 12.8. The number of rotatable bonds is 5. The van der Waals surface area contributed by atoms with Gasteiger partial charge in [0.05, 0.1) is 13.0 Å². The Kier molecular flexibility index (Phi) is 5.29. The minimum Gasteiger partial charge on any atom is -0.409 e. The monoisotopic (exact) mass is 267 g/mol. The maximum Gasteiger partial charge on any atom is 0.227 e. The molecule has 6 heteroatoms. The molecule has 0 spiro atoms. The van der Waals surface area contributed by atoms with Crippen LogP contribution >= 0.6 is 0 Å². The zero-order valence-electron chi connectivity index (χ0n) is 11.0. The predicted molar refractivity (Wildman–Crippen MR) is 70.4 cm³/mol. The molecule has 0 radical (unpaired) electrons. The molecule has 0 bridgehead atoms. The molecule has 0 aliphatic heterocycles. The number of amidine groups is 1. The molecule has 0 saturated carbocycles. The molecule has 1 amide bonds. The van der Waals surface area contributed by atoms with Gasteiger partial charge in [-0.3, -0.25) is 4.79 Å². The Bertz CT molecular complexity index is 457. The summed E-state index contributed by atoms with van der Waals surface area (Å²) in [5, 5.41) is 11.4. The van der Waals surface area contributed by atoms with Gasteiger partial charge in [0, 0.05) is 6.04 Å². The molecule has 1 rings (SSSR count). The van der Waals surface area contributed by atoms with Gasteiger partial charge in [0.1, 0.15) is 5.82 Å². The van der Waals surface area contributed by atoms with Gasteiger partial charge in [-0.1, -0.05) is 17.3 Å². The third kappa shape index (κ3) is 4.57. The summed E-state index contributed by atoms with van der Waals surface area (Å²) in [6, 6.07) is 5.68. The minimum absolute atomic E-state index is 0.0267. The molecule has 0 unspecified atom stereocenters. The number of hydrogen-bond donors (Lipinski definition) is 2. The molecule has 1 aromatic carbocycles. The highest BCUT2D eigenvalue weighted by Gasteiger charge is 2.18. The van der Waals surface area contributed by atoms with E-state index in [1.165, 1.54) is 17.0 Å². The van der Waals surface area contributed by atoms with E-state index < -0.39 is 0 Å². The quantitative estimate of drug-likeness (QED) is 0.366. The van der Waals surface area contributed by atoms with Crippen molar-refractivity contribution in [2.75, 3.05) is 6.54 Å². The fraction of sp³-hybridized carbons (Fsp3) is 0.385. The van der Waals surface area contributed by atoms with Crippen LogP contribution in [0.3, 0.4) is 0 Å². The van der Waals surface area contributed by atoms with E-state index in [0.717, 1.165) is 5.56 Å². The minimum atomic E-state index is -0.339.